The van der Waals surface area contributed by atoms with Crippen molar-refractivity contribution >= 4 is 16.1 Å². The molecule has 8 heteroatoms. The van der Waals surface area contributed by atoms with Gasteiger partial charge in [0.1, 0.15) is 0 Å². The second-order valence-corrected chi connectivity index (χ2v) is 7.71. The number of benzene rings is 1. The smallest absolute Gasteiger partial charge is 0.348 e. The Kier molecular flexibility index (Phi) is 5.55. The van der Waals surface area contributed by atoms with Crippen LogP contribution in [0.15, 0.2) is 24.3 Å². The van der Waals surface area contributed by atoms with Gasteiger partial charge in [-0.15, -0.1) is 9.46 Å². The monoisotopic (exact) mass is 329 g/mol. The van der Waals surface area contributed by atoms with Gasteiger partial charge in [-0.2, -0.15) is 13.4 Å². The van der Waals surface area contributed by atoms with Crippen LogP contribution in [0.4, 0.5) is 4.79 Å². The van der Waals surface area contributed by atoms with E-state index in [1.807, 2.05) is 24.3 Å². The Hall–Kier alpha value is -1.64. The zero-order valence-electron chi connectivity index (χ0n) is 13.5. The fourth-order valence-corrected chi connectivity index (χ4v) is 2.27. The van der Waals surface area contributed by atoms with Gasteiger partial charge in [-0.1, -0.05) is 45.0 Å². The molecule has 0 aliphatic rings. The lowest BCUT2D eigenvalue weighted by Crippen LogP contribution is -2.47. The number of rotatable bonds is 5. The van der Waals surface area contributed by atoms with E-state index in [1.54, 1.807) is 0 Å². The molecule has 0 unspecified atom stereocenters. The van der Waals surface area contributed by atoms with Gasteiger partial charge in [0.25, 0.3) is 10.1 Å². The summed E-state index contributed by atoms with van der Waals surface area (Å²) >= 11 is 0. The normalized spacial score (nSPS) is 12.5. The first-order valence-electron chi connectivity index (χ1n) is 6.70. The lowest BCUT2D eigenvalue weighted by atomic mass is 9.87. The zero-order valence-corrected chi connectivity index (χ0v) is 14.3. The van der Waals surface area contributed by atoms with E-state index in [-0.39, 0.29) is 12.0 Å². The van der Waals surface area contributed by atoms with Crippen molar-refractivity contribution in [3.8, 4) is 0 Å². The molecule has 1 aromatic carbocycles. The molecule has 22 heavy (non-hydrogen) atoms. The molecule has 7 nitrogen and oxygen atoms in total. The van der Waals surface area contributed by atoms with Crippen molar-refractivity contribution in [2.24, 2.45) is 5.73 Å². The highest BCUT2D eigenvalue weighted by Crippen LogP contribution is 2.22. The number of amides is 2. The standard InChI is InChI=1S/C14H23N3O4S/c1-14(2,3)12-8-6-11(7-9-12)10-16(4)17(13(15)18)21-22(5,19)20/h6-9H,10H2,1-5H3,(H2,15,18). The number of carbonyl (C=O) groups excluding carboxylic acids is 1. The van der Waals surface area contributed by atoms with Crippen molar-refractivity contribution in [1.82, 2.24) is 10.2 Å². The lowest BCUT2D eigenvalue weighted by Gasteiger charge is -2.27. The number of urea groups is 1. The van der Waals surface area contributed by atoms with Crippen LogP contribution in [-0.4, -0.2) is 37.9 Å². The van der Waals surface area contributed by atoms with Crippen LogP contribution in [0.1, 0.15) is 31.9 Å². The van der Waals surface area contributed by atoms with Gasteiger partial charge in [0.2, 0.25) is 0 Å². The van der Waals surface area contributed by atoms with Gasteiger partial charge in [-0.05, 0) is 16.5 Å². The Balaban J connectivity index is 2.86. The highest BCUT2D eigenvalue weighted by Gasteiger charge is 2.22. The summed E-state index contributed by atoms with van der Waals surface area (Å²) in [6.45, 7) is 6.61. The van der Waals surface area contributed by atoms with E-state index in [0.29, 0.717) is 5.17 Å². The molecular weight excluding hydrogens is 306 g/mol. The molecule has 0 aliphatic heterocycles. The highest BCUT2D eigenvalue weighted by atomic mass is 32.2. The third-order valence-electron chi connectivity index (χ3n) is 2.94. The molecular formula is C14H23N3O4S. The van der Waals surface area contributed by atoms with Crippen LogP contribution in [0.3, 0.4) is 0 Å². The number of nitrogens with zero attached hydrogens (tertiary/aromatic N) is 2. The first-order chi connectivity index (χ1) is 9.90. The van der Waals surface area contributed by atoms with Crippen LogP contribution < -0.4 is 5.73 Å². The fourth-order valence-electron chi connectivity index (χ4n) is 1.83. The zero-order chi connectivity index (χ0) is 17.1. The average molecular weight is 329 g/mol. The summed E-state index contributed by atoms with van der Waals surface area (Å²) in [6.07, 6.45) is 0.842. The molecule has 1 aromatic rings. The van der Waals surface area contributed by atoms with E-state index in [0.717, 1.165) is 11.8 Å². The van der Waals surface area contributed by atoms with Crippen LogP contribution in [0.25, 0.3) is 0 Å². The highest BCUT2D eigenvalue weighted by molar-refractivity contribution is 7.85. The molecule has 124 valence electrons. The van der Waals surface area contributed by atoms with Crippen LogP contribution in [0.5, 0.6) is 0 Å². The number of nitrogens with two attached hydrogens (primary N) is 1. The third-order valence-corrected chi connectivity index (χ3v) is 3.35. The maximum atomic E-state index is 11.3. The molecule has 0 aromatic heterocycles. The van der Waals surface area contributed by atoms with Crippen LogP contribution in [0.2, 0.25) is 0 Å². The summed E-state index contributed by atoms with van der Waals surface area (Å²) < 4.78 is 26.9. The van der Waals surface area contributed by atoms with Gasteiger partial charge in [0, 0.05) is 13.6 Å². The molecule has 0 radical (unpaired) electrons. The van der Waals surface area contributed by atoms with Gasteiger partial charge in [0.05, 0.1) is 6.26 Å². The van der Waals surface area contributed by atoms with Gasteiger partial charge >= 0.3 is 6.03 Å². The summed E-state index contributed by atoms with van der Waals surface area (Å²) in [4.78, 5) is 11.3. The maximum Gasteiger partial charge on any atom is 0.355 e. The minimum atomic E-state index is -3.85. The van der Waals surface area contributed by atoms with E-state index < -0.39 is 16.1 Å². The number of hydrogen-bond donors (Lipinski definition) is 1. The predicted molar refractivity (Wildman–Crippen MR) is 84.0 cm³/mol. The number of carbonyl (C=O) groups is 1. The number of hydrazine groups is 1. The van der Waals surface area contributed by atoms with Gasteiger partial charge < -0.3 is 5.73 Å². The van der Waals surface area contributed by atoms with Crippen molar-refractivity contribution in [3.63, 3.8) is 0 Å². The Bertz CT molecular complexity index is 620. The minimum Gasteiger partial charge on any atom is -0.348 e. The maximum absolute atomic E-state index is 11.3. The number of hydrogen-bond acceptors (Lipinski definition) is 5. The van der Waals surface area contributed by atoms with E-state index in [4.69, 9.17) is 5.73 Å². The van der Waals surface area contributed by atoms with Crippen LogP contribution in [-0.2, 0) is 26.4 Å². The summed E-state index contributed by atoms with van der Waals surface area (Å²) in [5, 5.41) is 1.81. The van der Waals surface area contributed by atoms with Gasteiger partial charge in [0.15, 0.2) is 0 Å². The van der Waals surface area contributed by atoms with Crippen molar-refractivity contribution in [3.05, 3.63) is 35.4 Å². The summed E-state index contributed by atoms with van der Waals surface area (Å²) in [5.41, 5.74) is 7.25. The largest absolute Gasteiger partial charge is 0.355 e. The third kappa shape index (κ3) is 5.63. The minimum absolute atomic E-state index is 0.0447. The summed E-state index contributed by atoms with van der Waals surface area (Å²) in [6, 6.07) is 6.80. The Morgan fingerprint density at radius 2 is 1.73 bits per heavy atom. The molecule has 0 bridgehead atoms. The van der Waals surface area contributed by atoms with Gasteiger partial charge in [-0.3, -0.25) is 0 Å². The van der Waals surface area contributed by atoms with E-state index in [1.165, 1.54) is 17.6 Å². The first kappa shape index (κ1) is 18.4. The average Bonchev–Trinajstić information content (AvgIpc) is 2.34. The first-order valence-corrected chi connectivity index (χ1v) is 8.51. The molecule has 0 saturated carbocycles. The summed E-state index contributed by atoms with van der Waals surface area (Å²) in [5.74, 6) is 0. The topological polar surface area (TPSA) is 92.9 Å². The summed E-state index contributed by atoms with van der Waals surface area (Å²) in [7, 11) is -2.34. The molecule has 2 N–H and O–H groups in total. The quantitative estimate of drug-likeness (QED) is 0.828. The Labute approximate surface area is 131 Å². The van der Waals surface area contributed by atoms with E-state index in [2.05, 4.69) is 25.1 Å². The van der Waals surface area contributed by atoms with E-state index in [9.17, 15) is 13.2 Å². The number of primary amides is 1. The molecule has 0 atom stereocenters. The van der Waals surface area contributed by atoms with Crippen LogP contribution in [0, 0.1) is 0 Å². The van der Waals surface area contributed by atoms with E-state index >= 15 is 0 Å². The Morgan fingerprint density at radius 1 is 1.23 bits per heavy atom. The van der Waals surface area contributed by atoms with Crippen LogP contribution >= 0.6 is 0 Å². The molecule has 0 spiro atoms. The van der Waals surface area contributed by atoms with Gasteiger partial charge in [-0.25, -0.2) is 4.79 Å². The molecule has 0 heterocycles. The van der Waals surface area contributed by atoms with Crippen molar-refractivity contribution in [2.45, 2.75) is 32.7 Å². The number of hydroxylamine groups is 1. The van der Waals surface area contributed by atoms with Crippen molar-refractivity contribution in [1.29, 1.82) is 0 Å². The fraction of sp³-hybridized carbons (Fsp3) is 0.500. The molecule has 0 fully saturated rings. The lowest BCUT2D eigenvalue weighted by molar-refractivity contribution is -0.159. The molecule has 0 saturated heterocycles. The van der Waals surface area contributed by atoms with Crippen molar-refractivity contribution < 1.29 is 17.5 Å². The molecule has 1 rings (SSSR count). The molecule has 0 aliphatic carbocycles. The van der Waals surface area contributed by atoms with Crippen molar-refractivity contribution in [2.75, 3.05) is 13.3 Å². The Morgan fingerprint density at radius 3 is 2.09 bits per heavy atom. The molecule has 2 amide bonds. The predicted octanol–water partition coefficient (Wildman–Crippen LogP) is 1.60. The second kappa shape index (κ2) is 6.64. The SMILES string of the molecule is CN(Cc1ccc(C(C)(C)C)cc1)N(OS(C)(=O)=O)C(N)=O. The second-order valence-electron chi connectivity index (χ2n) is 6.15.